The molecule has 0 radical (unpaired) electrons. The fourth-order valence-electron chi connectivity index (χ4n) is 2.62. The fraction of sp³-hybridized carbons (Fsp3) is 0.150. The average molecular weight is 471 g/mol. The van der Waals surface area contributed by atoms with Gasteiger partial charge in [-0.05, 0) is 71.8 Å². The molecule has 1 fully saturated rings. The van der Waals surface area contributed by atoms with E-state index in [9.17, 15) is 4.79 Å². The van der Waals surface area contributed by atoms with Crippen molar-refractivity contribution in [2.45, 2.75) is 12.8 Å². The van der Waals surface area contributed by atoms with Gasteiger partial charge in [-0.3, -0.25) is 4.79 Å². The molecule has 1 heterocycles. The molecule has 0 unspecified atom stereocenters. The van der Waals surface area contributed by atoms with Crippen LogP contribution in [-0.2, 0) is 4.79 Å². The predicted octanol–water partition coefficient (Wildman–Crippen LogP) is 4.92. The number of carbonyl (C=O) groups excluding carboxylic acids is 1. The average Bonchev–Trinajstić information content (AvgIpc) is 3.48. The van der Waals surface area contributed by atoms with Crippen LogP contribution >= 0.6 is 22.6 Å². The first-order chi connectivity index (χ1) is 13.2. The molecule has 3 N–H and O–H groups in total. The molecule has 27 heavy (non-hydrogen) atoms. The number of halogens is 1. The summed E-state index contributed by atoms with van der Waals surface area (Å²) in [6.45, 7) is 0. The molecule has 1 amide bonds. The van der Waals surface area contributed by atoms with Gasteiger partial charge >= 0.3 is 0 Å². The number of rotatable bonds is 6. The second-order valence-electron chi connectivity index (χ2n) is 6.39. The Bertz CT molecular complexity index is 974. The number of hydrogen-bond acceptors (Lipinski definition) is 5. The second-order valence-corrected chi connectivity index (χ2v) is 7.64. The zero-order valence-corrected chi connectivity index (χ0v) is 16.6. The number of anilines is 5. The van der Waals surface area contributed by atoms with E-state index in [-0.39, 0.29) is 11.8 Å². The minimum Gasteiger partial charge on any atom is -0.340 e. The van der Waals surface area contributed by atoms with Gasteiger partial charge < -0.3 is 16.0 Å². The normalized spacial score (nSPS) is 13.1. The lowest BCUT2D eigenvalue weighted by atomic mass is 10.2. The molecule has 1 aromatic heterocycles. The Morgan fingerprint density at radius 1 is 0.889 bits per heavy atom. The summed E-state index contributed by atoms with van der Waals surface area (Å²) in [6, 6.07) is 17.5. The van der Waals surface area contributed by atoms with Crippen molar-refractivity contribution in [2.24, 2.45) is 5.92 Å². The van der Waals surface area contributed by atoms with Crippen molar-refractivity contribution in [1.29, 1.82) is 0 Å². The van der Waals surface area contributed by atoms with Crippen molar-refractivity contribution in [3.05, 3.63) is 64.5 Å². The largest absolute Gasteiger partial charge is 0.340 e. The minimum absolute atomic E-state index is 0.0955. The molecule has 2 aromatic carbocycles. The van der Waals surface area contributed by atoms with Gasteiger partial charge in [-0.1, -0.05) is 12.1 Å². The third kappa shape index (κ3) is 4.94. The molecule has 0 spiro atoms. The van der Waals surface area contributed by atoms with E-state index in [1.807, 2.05) is 54.6 Å². The van der Waals surface area contributed by atoms with Crippen LogP contribution in [0.3, 0.4) is 0 Å². The Labute approximate surface area is 171 Å². The van der Waals surface area contributed by atoms with Crippen LogP contribution in [0, 0.1) is 9.49 Å². The van der Waals surface area contributed by atoms with Gasteiger partial charge in [0.25, 0.3) is 0 Å². The maximum atomic E-state index is 11.9. The number of nitrogens with zero attached hydrogens (tertiary/aromatic N) is 2. The topological polar surface area (TPSA) is 78.9 Å². The summed E-state index contributed by atoms with van der Waals surface area (Å²) in [6.07, 6.45) is 3.49. The van der Waals surface area contributed by atoms with Crippen LogP contribution in [0.5, 0.6) is 0 Å². The Morgan fingerprint density at radius 3 is 2.19 bits per heavy atom. The van der Waals surface area contributed by atoms with Gasteiger partial charge in [0, 0.05) is 32.6 Å². The van der Waals surface area contributed by atoms with E-state index in [0.29, 0.717) is 11.6 Å². The molecule has 0 bridgehead atoms. The Morgan fingerprint density at radius 2 is 1.52 bits per heavy atom. The van der Waals surface area contributed by atoms with Crippen LogP contribution in [0.1, 0.15) is 12.8 Å². The van der Waals surface area contributed by atoms with Gasteiger partial charge in [-0.2, -0.15) is 0 Å². The summed E-state index contributed by atoms with van der Waals surface area (Å²) in [7, 11) is 0. The number of aromatic nitrogens is 2. The lowest BCUT2D eigenvalue weighted by Crippen LogP contribution is -2.13. The zero-order chi connectivity index (χ0) is 18.6. The van der Waals surface area contributed by atoms with Gasteiger partial charge in [0.1, 0.15) is 18.0 Å². The summed E-state index contributed by atoms with van der Waals surface area (Å²) in [5, 5.41) is 9.49. The highest BCUT2D eigenvalue weighted by Crippen LogP contribution is 2.30. The molecule has 1 aliphatic rings. The third-order valence-electron chi connectivity index (χ3n) is 4.11. The summed E-state index contributed by atoms with van der Waals surface area (Å²) >= 11 is 2.27. The van der Waals surface area contributed by atoms with Crippen molar-refractivity contribution >= 4 is 57.2 Å². The van der Waals surface area contributed by atoms with Gasteiger partial charge in [0.15, 0.2) is 0 Å². The van der Waals surface area contributed by atoms with Crippen LogP contribution in [0.2, 0.25) is 0 Å². The maximum Gasteiger partial charge on any atom is 0.227 e. The molecule has 0 atom stereocenters. The van der Waals surface area contributed by atoms with E-state index in [1.54, 1.807) is 0 Å². The number of nitrogens with one attached hydrogen (secondary N) is 3. The van der Waals surface area contributed by atoms with Crippen LogP contribution in [0.25, 0.3) is 0 Å². The smallest absolute Gasteiger partial charge is 0.227 e. The molecule has 1 saturated carbocycles. The van der Waals surface area contributed by atoms with Gasteiger partial charge in [0.2, 0.25) is 5.91 Å². The SMILES string of the molecule is O=C(Nc1cccc(Nc2cc(Nc3cccc(I)c3)ncn2)c1)C1CC1. The number of hydrogen-bond donors (Lipinski definition) is 3. The fourth-order valence-corrected chi connectivity index (χ4v) is 3.16. The standard InChI is InChI=1S/C20H18IN5O/c21-14-3-1-4-15(9-14)24-18-11-19(23-12-22-18)25-16-5-2-6-17(10-16)26-20(27)13-7-8-13/h1-6,9-13H,7-8H2,(H,26,27)(H2,22,23,24,25). The summed E-state index contributed by atoms with van der Waals surface area (Å²) in [5.41, 5.74) is 2.60. The van der Waals surface area contributed by atoms with Crippen molar-refractivity contribution in [3.8, 4) is 0 Å². The molecule has 136 valence electrons. The van der Waals surface area contributed by atoms with Crippen LogP contribution < -0.4 is 16.0 Å². The first-order valence-electron chi connectivity index (χ1n) is 8.68. The van der Waals surface area contributed by atoms with Crippen LogP contribution in [-0.4, -0.2) is 15.9 Å². The highest BCUT2D eigenvalue weighted by molar-refractivity contribution is 14.1. The van der Waals surface area contributed by atoms with E-state index >= 15 is 0 Å². The lowest BCUT2D eigenvalue weighted by Gasteiger charge is -2.10. The van der Waals surface area contributed by atoms with Crippen molar-refractivity contribution in [2.75, 3.05) is 16.0 Å². The van der Waals surface area contributed by atoms with Crippen LogP contribution in [0.15, 0.2) is 60.9 Å². The second kappa shape index (κ2) is 7.91. The molecule has 0 aliphatic heterocycles. The Balaban J connectivity index is 1.45. The van der Waals surface area contributed by atoms with E-state index in [2.05, 4.69) is 48.5 Å². The maximum absolute atomic E-state index is 11.9. The first-order valence-corrected chi connectivity index (χ1v) is 9.76. The highest BCUT2D eigenvalue weighted by atomic mass is 127. The summed E-state index contributed by atoms with van der Waals surface area (Å²) in [5.74, 6) is 1.65. The van der Waals surface area contributed by atoms with Gasteiger partial charge in [-0.15, -0.1) is 0 Å². The lowest BCUT2D eigenvalue weighted by molar-refractivity contribution is -0.117. The zero-order valence-electron chi connectivity index (χ0n) is 14.4. The molecule has 7 heteroatoms. The number of amides is 1. The van der Waals surface area contributed by atoms with E-state index in [4.69, 9.17) is 0 Å². The summed E-state index contributed by atoms with van der Waals surface area (Å²) < 4.78 is 1.15. The first kappa shape index (κ1) is 17.7. The predicted molar refractivity (Wildman–Crippen MR) is 116 cm³/mol. The number of benzene rings is 2. The monoisotopic (exact) mass is 471 g/mol. The van der Waals surface area contributed by atoms with Gasteiger partial charge in [-0.25, -0.2) is 9.97 Å². The number of carbonyl (C=O) groups is 1. The molecule has 3 aromatic rings. The van der Waals surface area contributed by atoms with E-state index in [0.717, 1.165) is 33.5 Å². The van der Waals surface area contributed by atoms with E-state index in [1.165, 1.54) is 6.33 Å². The third-order valence-corrected chi connectivity index (χ3v) is 4.79. The Kier molecular flexibility index (Phi) is 5.19. The molecular formula is C20H18IN5O. The van der Waals surface area contributed by atoms with Crippen molar-refractivity contribution in [1.82, 2.24) is 9.97 Å². The Hall–Kier alpha value is -2.68. The van der Waals surface area contributed by atoms with E-state index < -0.39 is 0 Å². The molecular weight excluding hydrogens is 453 g/mol. The molecule has 6 nitrogen and oxygen atoms in total. The summed E-state index contributed by atoms with van der Waals surface area (Å²) in [4.78, 5) is 20.5. The van der Waals surface area contributed by atoms with Gasteiger partial charge in [0.05, 0.1) is 0 Å². The quantitative estimate of drug-likeness (QED) is 0.445. The molecule has 0 saturated heterocycles. The highest BCUT2D eigenvalue weighted by Gasteiger charge is 2.29. The minimum atomic E-state index is 0.0955. The van der Waals surface area contributed by atoms with Crippen LogP contribution in [0.4, 0.5) is 28.7 Å². The van der Waals surface area contributed by atoms with Crippen molar-refractivity contribution in [3.63, 3.8) is 0 Å². The van der Waals surface area contributed by atoms with Crippen molar-refractivity contribution < 1.29 is 4.79 Å². The molecule has 1 aliphatic carbocycles. The molecule has 4 rings (SSSR count).